The van der Waals surface area contributed by atoms with Crippen LogP contribution < -0.4 is 4.74 Å². The van der Waals surface area contributed by atoms with E-state index in [2.05, 4.69) is 5.10 Å². The number of nitrogens with zero attached hydrogens (tertiary/aromatic N) is 2. The first-order valence-corrected chi connectivity index (χ1v) is 8.21. The van der Waals surface area contributed by atoms with Gasteiger partial charge in [-0.2, -0.15) is 5.01 Å². The van der Waals surface area contributed by atoms with E-state index in [0.29, 0.717) is 11.6 Å². The number of hydrogen-bond acceptors (Lipinski definition) is 6. The van der Waals surface area contributed by atoms with E-state index in [4.69, 9.17) is 9.47 Å². The number of carbonyl (C=O) groups is 2. The van der Waals surface area contributed by atoms with Crippen molar-refractivity contribution in [3.8, 4) is 5.75 Å². The molecule has 3 rings (SSSR count). The van der Waals surface area contributed by atoms with Crippen LogP contribution >= 0.6 is 11.3 Å². The summed E-state index contributed by atoms with van der Waals surface area (Å²) in [4.78, 5) is 23.8. The van der Waals surface area contributed by atoms with Crippen molar-refractivity contribution in [2.45, 2.75) is 27.0 Å². The average Bonchev–Trinajstić information content (AvgIpc) is 3.13. The molecule has 1 aromatic carbocycles. The minimum atomic E-state index is -0.634. The normalized spacial score (nSPS) is 16.5. The number of benzene rings is 1. The lowest BCUT2D eigenvalue weighted by Crippen LogP contribution is -2.25. The summed E-state index contributed by atoms with van der Waals surface area (Å²) in [5, 5.41) is 7.59. The van der Waals surface area contributed by atoms with E-state index in [-0.39, 0.29) is 11.9 Å². The van der Waals surface area contributed by atoms with E-state index in [0.717, 1.165) is 16.0 Å². The Labute approximate surface area is 143 Å². The zero-order valence-corrected chi connectivity index (χ0v) is 14.3. The first-order chi connectivity index (χ1) is 11.5. The number of ether oxygens (including phenoxy) is 2. The third-order valence-corrected chi connectivity index (χ3v) is 4.45. The Morgan fingerprint density at radius 1 is 1.21 bits per heavy atom. The van der Waals surface area contributed by atoms with Crippen LogP contribution in [0.1, 0.15) is 36.1 Å². The number of carbonyl (C=O) groups excluding carboxylic acids is 2. The molecule has 24 heavy (non-hydrogen) atoms. The smallest absolute Gasteiger partial charge is 0.308 e. The molecule has 0 spiro atoms. The van der Waals surface area contributed by atoms with Crippen LogP contribution in [0, 0.1) is 6.92 Å². The highest BCUT2D eigenvalue weighted by atomic mass is 32.1. The van der Waals surface area contributed by atoms with Crippen LogP contribution in [0.5, 0.6) is 5.75 Å². The van der Waals surface area contributed by atoms with Crippen molar-refractivity contribution in [1.29, 1.82) is 0 Å². The van der Waals surface area contributed by atoms with Gasteiger partial charge in [0.25, 0.3) is 5.90 Å². The quantitative estimate of drug-likeness (QED) is 0.633. The van der Waals surface area contributed by atoms with Crippen molar-refractivity contribution in [3.05, 3.63) is 51.7 Å². The minimum Gasteiger partial charge on any atom is -0.445 e. The second kappa shape index (κ2) is 6.45. The molecule has 0 saturated carbocycles. The summed E-state index contributed by atoms with van der Waals surface area (Å²) in [5.41, 5.74) is 1.79. The molecule has 1 amide bonds. The van der Waals surface area contributed by atoms with Crippen LogP contribution in [0.15, 0.2) is 40.8 Å². The fourth-order valence-electron chi connectivity index (χ4n) is 2.33. The molecule has 1 unspecified atom stereocenters. The highest BCUT2D eigenvalue weighted by Gasteiger charge is 2.33. The van der Waals surface area contributed by atoms with Crippen molar-refractivity contribution in [1.82, 2.24) is 5.01 Å². The Balaban J connectivity index is 1.87. The first-order valence-electron chi connectivity index (χ1n) is 7.33. The second-order valence-corrected chi connectivity index (χ2v) is 6.25. The Hall–Kier alpha value is -2.67. The van der Waals surface area contributed by atoms with Crippen molar-refractivity contribution >= 4 is 29.1 Å². The fraction of sp³-hybridized carbons (Fsp3) is 0.235. The van der Waals surface area contributed by atoms with Gasteiger partial charge in [0.1, 0.15) is 5.75 Å². The van der Waals surface area contributed by atoms with Crippen LogP contribution in [0.25, 0.3) is 0 Å². The molecule has 6 nitrogen and oxygen atoms in total. The molecule has 1 aliphatic heterocycles. The van der Waals surface area contributed by atoms with Gasteiger partial charge in [-0.15, -0.1) is 16.4 Å². The van der Waals surface area contributed by atoms with Crippen molar-refractivity contribution in [3.63, 3.8) is 0 Å². The molecule has 0 saturated heterocycles. The molecule has 124 valence electrons. The third-order valence-electron chi connectivity index (χ3n) is 3.45. The monoisotopic (exact) mass is 344 g/mol. The minimum absolute atomic E-state index is 0.215. The maximum Gasteiger partial charge on any atom is 0.308 e. The summed E-state index contributed by atoms with van der Waals surface area (Å²) >= 11 is 1.52. The maximum atomic E-state index is 11.9. The summed E-state index contributed by atoms with van der Waals surface area (Å²) in [6, 6.07) is 8.79. The molecule has 1 aromatic heterocycles. The van der Waals surface area contributed by atoms with Crippen molar-refractivity contribution in [2.24, 2.45) is 5.10 Å². The standard InChI is InChI=1S/C17H16N2O4S/c1-10-8-9-24-15(10)16-18-19(11(2)20)17(23-16)13-4-6-14(7-5-13)22-12(3)21/h4-9,17H,1-3H3. The number of hydrazone groups is 1. The SMILES string of the molecule is CC(=O)Oc1ccc(C2OC(c3sccc3C)=NN2C(C)=O)cc1. The van der Waals surface area contributed by atoms with E-state index in [9.17, 15) is 9.59 Å². The van der Waals surface area contributed by atoms with E-state index < -0.39 is 6.23 Å². The topological polar surface area (TPSA) is 68.2 Å². The zero-order chi connectivity index (χ0) is 17.3. The zero-order valence-electron chi connectivity index (χ0n) is 13.5. The Kier molecular flexibility index (Phi) is 4.35. The average molecular weight is 344 g/mol. The lowest BCUT2D eigenvalue weighted by molar-refractivity contribution is -0.135. The number of aryl methyl sites for hydroxylation is 1. The van der Waals surface area contributed by atoms with Gasteiger partial charge in [0.05, 0.1) is 4.88 Å². The van der Waals surface area contributed by atoms with Gasteiger partial charge in [0.2, 0.25) is 12.1 Å². The molecular weight excluding hydrogens is 328 g/mol. The first kappa shape index (κ1) is 16.2. The molecular formula is C17H16N2O4S. The predicted molar refractivity (Wildman–Crippen MR) is 89.7 cm³/mol. The number of esters is 1. The van der Waals surface area contributed by atoms with Gasteiger partial charge in [0, 0.05) is 19.4 Å². The van der Waals surface area contributed by atoms with Crippen LogP contribution in [-0.4, -0.2) is 22.8 Å². The number of thiophene rings is 1. The second-order valence-electron chi connectivity index (χ2n) is 5.33. The van der Waals surface area contributed by atoms with Gasteiger partial charge in [-0.3, -0.25) is 9.59 Å². The molecule has 2 aromatic rings. The lowest BCUT2D eigenvalue weighted by Gasteiger charge is -2.19. The number of hydrogen-bond donors (Lipinski definition) is 0. The highest BCUT2D eigenvalue weighted by Crippen LogP contribution is 2.33. The van der Waals surface area contributed by atoms with E-state index in [1.165, 1.54) is 30.2 Å². The van der Waals surface area contributed by atoms with Gasteiger partial charge < -0.3 is 9.47 Å². The Bertz CT molecular complexity index is 810. The molecule has 2 heterocycles. The molecule has 0 fully saturated rings. The third kappa shape index (κ3) is 3.16. The van der Waals surface area contributed by atoms with E-state index in [1.807, 2.05) is 18.4 Å². The Morgan fingerprint density at radius 2 is 1.92 bits per heavy atom. The molecule has 1 aliphatic rings. The largest absolute Gasteiger partial charge is 0.445 e. The lowest BCUT2D eigenvalue weighted by atomic mass is 10.2. The highest BCUT2D eigenvalue weighted by molar-refractivity contribution is 7.12. The summed E-state index contributed by atoms with van der Waals surface area (Å²) in [7, 11) is 0. The molecule has 7 heteroatoms. The van der Waals surface area contributed by atoms with Crippen LogP contribution in [0.4, 0.5) is 0 Å². The summed E-state index contributed by atoms with van der Waals surface area (Å²) in [6.45, 7) is 4.75. The summed E-state index contributed by atoms with van der Waals surface area (Å²) in [5.74, 6) is 0.276. The summed E-state index contributed by atoms with van der Waals surface area (Å²) in [6.07, 6.45) is -0.634. The maximum absolute atomic E-state index is 11.9. The van der Waals surface area contributed by atoms with Gasteiger partial charge in [0.15, 0.2) is 0 Å². The van der Waals surface area contributed by atoms with E-state index >= 15 is 0 Å². The van der Waals surface area contributed by atoms with Crippen LogP contribution in [0.2, 0.25) is 0 Å². The number of rotatable bonds is 3. The fourth-order valence-corrected chi connectivity index (χ4v) is 3.18. The van der Waals surface area contributed by atoms with Crippen molar-refractivity contribution < 1.29 is 19.1 Å². The van der Waals surface area contributed by atoms with E-state index in [1.54, 1.807) is 24.3 Å². The summed E-state index contributed by atoms with van der Waals surface area (Å²) < 4.78 is 10.9. The number of amides is 1. The molecule has 0 N–H and O–H groups in total. The molecule has 0 radical (unpaired) electrons. The Morgan fingerprint density at radius 3 is 2.46 bits per heavy atom. The van der Waals surface area contributed by atoms with Crippen LogP contribution in [0.3, 0.4) is 0 Å². The van der Waals surface area contributed by atoms with Crippen molar-refractivity contribution in [2.75, 3.05) is 0 Å². The van der Waals surface area contributed by atoms with Gasteiger partial charge in [-0.1, -0.05) is 0 Å². The molecule has 0 aliphatic carbocycles. The van der Waals surface area contributed by atoms with Gasteiger partial charge in [-0.05, 0) is 48.2 Å². The molecule has 0 bridgehead atoms. The molecule has 1 atom stereocenters. The van der Waals surface area contributed by atoms with Gasteiger partial charge >= 0.3 is 5.97 Å². The van der Waals surface area contributed by atoms with Crippen LogP contribution in [-0.2, 0) is 14.3 Å². The van der Waals surface area contributed by atoms with Gasteiger partial charge in [-0.25, -0.2) is 0 Å². The predicted octanol–water partition coefficient (Wildman–Crippen LogP) is 3.22.